The van der Waals surface area contributed by atoms with E-state index in [0.29, 0.717) is 12.2 Å². The van der Waals surface area contributed by atoms with Crippen LogP contribution in [0.1, 0.15) is 29.8 Å². The number of fused-ring (bicyclic) bond motifs is 5. The van der Waals surface area contributed by atoms with Gasteiger partial charge in [0.15, 0.2) is 11.4 Å². The summed E-state index contributed by atoms with van der Waals surface area (Å²) >= 11 is 0. The molecule has 1 aliphatic carbocycles. The Kier molecular flexibility index (Phi) is 3.64. The molecule has 3 heterocycles. The number of aliphatic hydroxyl groups is 2. The molecule has 1 saturated heterocycles. The fourth-order valence-electron chi connectivity index (χ4n) is 4.23. The largest absolute Gasteiger partial charge is 0.511 e. The third-order valence-electron chi connectivity index (χ3n) is 5.69. The van der Waals surface area contributed by atoms with Crippen LogP contribution < -0.4 is 4.74 Å². The number of aromatic hydroxyl groups is 1. The van der Waals surface area contributed by atoms with Crippen molar-refractivity contribution in [3.05, 3.63) is 70.4 Å². The van der Waals surface area contributed by atoms with Crippen LogP contribution in [-0.2, 0) is 15.9 Å². The van der Waals surface area contributed by atoms with Crippen LogP contribution in [0.4, 0.5) is 0 Å². The van der Waals surface area contributed by atoms with Crippen LogP contribution in [0, 0.1) is 5.92 Å². The van der Waals surface area contributed by atoms with Gasteiger partial charge in [-0.25, -0.2) is 0 Å². The van der Waals surface area contributed by atoms with Crippen molar-refractivity contribution in [3.63, 3.8) is 0 Å². The van der Waals surface area contributed by atoms with Gasteiger partial charge in [-0.05, 0) is 44.1 Å². The quantitative estimate of drug-likeness (QED) is 0.660. The maximum absolute atomic E-state index is 13.3. The minimum absolute atomic E-state index is 0.0376. The molecule has 0 aromatic heterocycles. The molecule has 150 valence electrons. The minimum Gasteiger partial charge on any atom is -0.511 e. The second-order valence-electron chi connectivity index (χ2n) is 7.86. The van der Waals surface area contributed by atoms with Gasteiger partial charge in [-0.3, -0.25) is 4.79 Å². The number of aliphatic hydroxyl groups excluding tert-OH is 1. The molecule has 29 heavy (non-hydrogen) atoms. The highest BCUT2D eigenvalue weighted by Crippen LogP contribution is 2.51. The van der Waals surface area contributed by atoms with Crippen molar-refractivity contribution in [2.75, 3.05) is 0 Å². The van der Waals surface area contributed by atoms with E-state index in [1.165, 1.54) is 18.4 Å². The Balaban J connectivity index is 1.63. The molecule has 0 bridgehead atoms. The van der Waals surface area contributed by atoms with Gasteiger partial charge in [-0.1, -0.05) is 17.7 Å². The number of rotatable bonds is 2. The summed E-state index contributed by atoms with van der Waals surface area (Å²) in [6.45, 7) is 3.95. The molecular formula is C22H20O7. The normalized spacial score (nSPS) is 30.9. The van der Waals surface area contributed by atoms with E-state index in [9.17, 15) is 20.1 Å². The first kappa shape index (κ1) is 17.9. The highest BCUT2D eigenvalue weighted by Gasteiger charge is 2.59. The number of hydrogen-bond donors (Lipinski definition) is 3. The molecule has 2 unspecified atom stereocenters. The zero-order valence-electron chi connectivity index (χ0n) is 15.9. The fraction of sp³-hybridized carbons (Fsp3) is 0.318. The van der Waals surface area contributed by atoms with Gasteiger partial charge in [0.05, 0.1) is 11.8 Å². The first-order valence-electron chi connectivity index (χ1n) is 9.38. The molecule has 1 aromatic rings. The Labute approximate surface area is 166 Å². The Morgan fingerprint density at radius 1 is 1.24 bits per heavy atom. The van der Waals surface area contributed by atoms with Crippen LogP contribution >= 0.6 is 0 Å². The molecule has 1 aromatic carbocycles. The summed E-state index contributed by atoms with van der Waals surface area (Å²) in [7, 11) is 0. The second-order valence-corrected chi connectivity index (χ2v) is 7.86. The first-order valence-corrected chi connectivity index (χ1v) is 9.38. The molecule has 5 rings (SSSR count). The molecule has 7 heteroatoms. The number of ether oxygens (including phenoxy) is 3. The van der Waals surface area contributed by atoms with E-state index in [4.69, 9.17) is 14.2 Å². The van der Waals surface area contributed by atoms with Gasteiger partial charge in [-0.15, -0.1) is 0 Å². The lowest BCUT2D eigenvalue weighted by Gasteiger charge is -2.35. The number of allylic oxidation sites excluding steroid dienone is 2. The van der Waals surface area contributed by atoms with Crippen molar-refractivity contribution >= 4 is 5.78 Å². The van der Waals surface area contributed by atoms with Gasteiger partial charge in [0.1, 0.15) is 40.6 Å². The Bertz CT molecular complexity index is 1060. The van der Waals surface area contributed by atoms with Crippen LogP contribution in [0.15, 0.2) is 59.3 Å². The van der Waals surface area contributed by atoms with E-state index in [1.807, 2.05) is 19.9 Å². The number of carbonyl (C=O) groups excluding carboxylic acids is 1. The average Bonchev–Trinajstić information content (AvgIpc) is 3.13. The second kappa shape index (κ2) is 5.90. The summed E-state index contributed by atoms with van der Waals surface area (Å²) in [6.07, 6.45) is 4.93. The van der Waals surface area contributed by atoms with Crippen molar-refractivity contribution in [1.82, 2.24) is 0 Å². The van der Waals surface area contributed by atoms with Crippen molar-refractivity contribution in [2.24, 2.45) is 5.92 Å². The summed E-state index contributed by atoms with van der Waals surface area (Å²) in [5, 5.41) is 32.2. The van der Waals surface area contributed by atoms with Crippen LogP contribution in [0.2, 0.25) is 0 Å². The van der Waals surface area contributed by atoms with Crippen molar-refractivity contribution < 1.29 is 34.3 Å². The summed E-state index contributed by atoms with van der Waals surface area (Å²) in [4.78, 5) is 13.3. The zero-order valence-corrected chi connectivity index (χ0v) is 15.9. The number of phenols is 1. The molecule has 4 aliphatic rings. The SMILES string of the molecule is CC(C)=CCc1ccc(O)c2c1OC1C=C3O[C@H]4OC=C[C@@]4(O)C3=C(O)C1C2=O. The maximum atomic E-state index is 13.3. The van der Waals surface area contributed by atoms with Crippen LogP contribution in [0.3, 0.4) is 0 Å². The van der Waals surface area contributed by atoms with E-state index in [2.05, 4.69) is 0 Å². The predicted octanol–water partition coefficient (Wildman–Crippen LogP) is 2.80. The summed E-state index contributed by atoms with van der Waals surface area (Å²) in [5.41, 5.74) is 0.333. The summed E-state index contributed by atoms with van der Waals surface area (Å²) < 4.78 is 17.0. The van der Waals surface area contributed by atoms with E-state index >= 15 is 0 Å². The molecule has 4 atom stereocenters. The van der Waals surface area contributed by atoms with Gasteiger partial charge in [0.25, 0.3) is 6.29 Å². The van der Waals surface area contributed by atoms with Gasteiger partial charge >= 0.3 is 0 Å². The molecule has 0 amide bonds. The summed E-state index contributed by atoms with van der Waals surface area (Å²) in [6, 6.07) is 3.18. The number of Topliss-reactive ketones (excluding diaryl/α,β-unsaturated/α-hetero) is 1. The number of benzene rings is 1. The molecule has 3 N–H and O–H groups in total. The van der Waals surface area contributed by atoms with Gasteiger partial charge in [0, 0.05) is 0 Å². The third-order valence-corrected chi connectivity index (χ3v) is 5.69. The van der Waals surface area contributed by atoms with E-state index in [-0.39, 0.29) is 28.4 Å². The average molecular weight is 396 g/mol. The Hall–Kier alpha value is -3.19. The number of carbonyl (C=O) groups is 1. The van der Waals surface area contributed by atoms with Crippen molar-refractivity contribution in [3.8, 4) is 11.5 Å². The highest BCUT2D eigenvalue weighted by atomic mass is 16.7. The van der Waals surface area contributed by atoms with Crippen molar-refractivity contribution in [2.45, 2.75) is 38.3 Å². The maximum Gasteiger partial charge on any atom is 0.277 e. The standard InChI is InChI=1S/C22H20O7/c1-10(2)3-4-11-5-6-12(23)15-18(24)16-13(28-20(11)15)9-14-17(19(16)25)22(26)7-8-27-21(22)29-14/h3,5-9,13,16,21,23,25-26H,4H2,1-2H3/t13?,16?,21-,22-/m1/s1. The molecule has 0 spiro atoms. The molecule has 0 saturated carbocycles. The number of ketones is 1. The third kappa shape index (κ3) is 2.37. The number of hydrogen-bond acceptors (Lipinski definition) is 7. The van der Waals surface area contributed by atoms with E-state index in [1.54, 1.807) is 12.1 Å². The Morgan fingerprint density at radius 2 is 2.03 bits per heavy atom. The lowest BCUT2D eigenvalue weighted by Crippen LogP contribution is -2.43. The highest BCUT2D eigenvalue weighted by molar-refractivity contribution is 6.06. The van der Waals surface area contributed by atoms with E-state index in [0.717, 1.165) is 11.1 Å². The molecule has 3 aliphatic heterocycles. The van der Waals surface area contributed by atoms with Gasteiger partial charge in [0.2, 0.25) is 0 Å². The summed E-state index contributed by atoms with van der Waals surface area (Å²) in [5.74, 6) is -1.58. The van der Waals surface area contributed by atoms with Crippen LogP contribution in [-0.4, -0.2) is 39.1 Å². The molecule has 1 fully saturated rings. The lowest BCUT2D eigenvalue weighted by atomic mass is 9.78. The monoisotopic (exact) mass is 396 g/mol. The van der Waals surface area contributed by atoms with Crippen LogP contribution in [0.5, 0.6) is 11.5 Å². The lowest BCUT2D eigenvalue weighted by molar-refractivity contribution is -0.109. The number of phenolic OH excluding ortho intramolecular Hbond substituents is 1. The Morgan fingerprint density at radius 3 is 2.79 bits per heavy atom. The van der Waals surface area contributed by atoms with Gasteiger partial charge < -0.3 is 29.5 Å². The fourth-order valence-corrected chi connectivity index (χ4v) is 4.23. The van der Waals surface area contributed by atoms with E-state index < -0.39 is 29.7 Å². The smallest absolute Gasteiger partial charge is 0.277 e. The zero-order chi connectivity index (χ0) is 20.5. The first-order chi connectivity index (χ1) is 13.8. The molecular weight excluding hydrogens is 376 g/mol. The predicted molar refractivity (Wildman–Crippen MR) is 101 cm³/mol. The topological polar surface area (TPSA) is 105 Å². The van der Waals surface area contributed by atoms with Gasteiger partial charge in [-0.2, -0.15) is 0 Å². The molecule has 7 nitrogen and oxygen atoms in total. The van der Waals surface area contributed by atoms with Crippen molar-refractivity contribution in [1.29, 1.82) is 0 Å². The minimum atomic E-state index is -1.67. The molecule has 0 radical (unpaired) electrons. The van der Waals surface area contributed by atoms with Crippen LogP contribution in [0.25, 0.3) is 0 Å².